The van der Waals surface area contributed by atoms with E-state index in [1.807, 2.05) is 12.1 Å². The molecule has 18 heteroatoms. The minimum absolute atomic E-state index is 0.0390. The minimum Gasteiger partial charge on any atom is -0.503 e. The number of nitrogens with one attached hydrogen (secondary N) is 2. The van der Waals surface area contributed by atoms with Crippen LogP contribution in [0, 0.1) is 0 Å². The van der Waals surface area contributed by atoms with Crippen LogP contribution >= 0.6 is 95.6 Å². The fraction of sp³-hybridized carbons (Fsp3) is 0.176. The van der Waals surface area contributed by atoms with Crippen LogP contribution in [0.3, 0.4) is 0 Å². The largest absolute Gasteiger partial charge is 0.503 e. The highest BCUT2D eigenvalue weighted by atomic mass is 79.9. The quantitative estimate of drug-likeness (QED) is 0.0745. The summed E-state index contributed by atoms with van der Waals surface area (Å²) >= 11 is 20.7. The SMILES string of the molecule is O=C1NCCc2cc(Br)c(O)c(c2)Oc2c(Br)cc(cc2Br)CCNC(=O)C(=NO)Cc2cc(Br)c(O)c(c2)Oc2c(Br)cc(cc2Br)CC1=NO. The number of hydrogen-bond acceptors (Lipinski definition) is 10. The van der Waals surface area contributed by atoms with Crippen molar-refractivity contribution in [2.75, 3.05) is 13.1 Å². The van der Waals surface area contributed by atoms with E-state index in [1.54, 1.807) is 30.3 Å². The van der Waals surface area contributed by atoms with Gasteiger partial charge < -0.3 is 40.7 Å². The lowest BCUT2D eigenvalue weighted by molar-refractivity contribution is -0.115. The van der Waals surface area contributed by atoms with Crippen molar-refractivity contribution in [2.24, 2.45) is 10.3 Å². The molecule has 0 aromatic heterocycles. The Morgan fingerprint density at radius 3 is 1.27 bits per heavy atom. The third-order valence-corrected chi connectivity index (χ3v) is 11.2. The van der Waals surface area contributed by atoms with E-state index in [0.29, 0.717) is 52.1 Å². The van der Waals surface area contributed by atoms with Gasteiger partial charge in [-0.15, -0.1) is 0 Å². The average molecular weight is 1100 g/mol. The number of carbonyl (C=O) groups is 2. The number of aromatic hydroxyl groups is 2. The second-order valence-corrected chi connectivity index (χ2v) is 16.4. The maximum absolute atomic E-state index is 13.0. The molecule has 4 aromatic carbocycles. The summed E-state index contributed by atoms with van der Waals surface area (Å²) in [5.41, 5.74) is 2.32. The van der Waals surface area contributed by atoms with Crippen LogP contribution in [0.15, 0.2) is 85.7 Å². The number of halogens is 6. The van der Waals surface area contributed by atoms with Crippen molar-refractivity contribution in [3.63, 3.8) is 0 Å². The fourth-order valence-electron chi connectivity index (χ4n) is 5.10. The average Bonchev–Trinajstić information content (AvgIpc) is 3.09. The van der Waals surface area contributed by atoms with Crippen LogP contribution in [0.1, 0.15) is 22.3 Å². The van der Waals surface area contributed by atoms with Gasteiger partial charge in [-0.25, -0.2) is 0 Å². The molecule has 0 radical (unpaired) electrons. The molecule has 0 fully saturated rings. The second-order valence-electron chi connectivity index (χ2n) is 11.3. The molecule has 0 saturated heterocycles. The number of nitrogens with zero attached hydrogens (tertiary/aromatic N) is 2. The molecule has 52 heavy (non-hydrogen) atoms. The lowest BCUT2D eigenvalue weighted by Crippen LogP contribution is -2.33. The van der Waals surface area contributed by atoms with Gasteiger partial charge in [0.2, 0.25) is 0 Å². The van der Waals surface area contributed by atoms with Gasteiger partial charge in [0.25, 0.3) is 11.8 Å². The molecule has 0 saturated carbocycles. The van der Waals surface area contributed by atoms with E-state index in [4.69, 9.17) is 9.47 Å². The molecule has 4 aromatic rings. The molecule has 0 aliphatic carbocycles. The van der Waals surface area contributed by atoms with Gasteiger partial charge in [0.15, 0.2) is 34.5 Å². The van der Waals surface area contributed by atoms with Crippen molar-refractivity contribution in [3.05, 3.63) is 97.6 Å². The van der Waals surface area contributed by atoms with Crippen LogP contribution in [-0.2, 0) is 35.3 Å². The normalized spacial score (nSPS) is 16.1. The number of benzene rings is 4. The monoisotopic (exact) mass is 1090 g/mol. The number of oxime groups is 2. The maximum Gasteiger partial charge on any atom is 0.269 e. The van der Waals surface area contributed by atoms with Crippen molar-refractivity contribution in [1.82, 2.24) is 10.6 Å². The molecule has 8 rings (SSSR count). The first-order valence-corrected chi connectivity index (χ1v) is 19.9. The highest BCUT2D eigenvalue weighted by Gasteiger charge is 2.21. The number of phenolic OH excluding ortho intramolecular Hbond substituents is 2. The Morgan fingerprint density at radius 1 is 0.519 bits per heavy atom. The zero-order valence-corrected chi connectivity index (χ0v) is 36.0. The highest BCUT2D eigenvalue weighted by molar-refractivity contribution is 9.11. The number of phenols is 2. The van der Waals surface area contributed by atoms with E-state index in [2.05, 4.69) is 117 Å². The van der Waals surface area contributed by atoms with Gasteiger partial charge in [-0.1, -0.05) is 10.3 Å². The van der Waals surface area contributed by atoms with Gasteiger partial charge in [-0.2, -0.15) is 0 Å². The lowest BCUT2D eigenvalue weighted by atomic mass is 10.1. The fourth-order valence-corrected chi connectivity index (χ4v) is 8.96. The van der Waals surface area contributed by atoms with Crippen LogP contribution in [-0.4, -0.2) is 57.0 Å². The predicted molar refractivity (Wildman–Crippen MR) is 215 cm³/mol. The van der Waals surface area contributed by atoms with Gasteiger partial charge in [0, 0.05) is 25.9 Å². The van der Waals surface area contributed by atoms with Gasteiger partial charge >= 0.3 is 0 Å². The van der Waals surface area contributed by atoms with Crippen molar-refractivity contribution < 1.29 is 39.7 Å². The van der Waals surface area contributed by atoms with Crippen molar-refractivity contribution in [1.29, 1.82) is 0 Å². The lowest BCUT2D eigenvalue weighted by Gasteiger charge is -2.16. The number of carbonyl (C=O) groups excluding carboxylic acids is 2. The highest BCUT2D eigenvalue weighted by Crippen LogP contribution is 2.45. The van der Waals surface area contributed by atoms with Crippen molar-refractivity contribution in [2.45, 2.75) is 25.7 Å². The number of amides is 2. The molecular formula is C34H26Br6N4O8. The minimum atomic E-state index is -0.595. The molecule has 0 spiro atoms. The van der Waals surface area contributed by atoms with E-state index < -0.39 is 11.8 Å². The zero-order chi connectivity index (χ0) is 37.7. The summed E-state index contributed by atoms with van der Waals surface area (Å²) in [5, 5.41) is 53.0. The number of hydrogen-bond donors (Lipinski definition) is 6. The van der Waals surface area contributed by atoms with Crippen molar-refractivity contribution in [3.8, 4) is 34.5 Å². The van der Waals surface area contributed by atoms with Crippen LogP contribution < -0.4 is 20.1 Å². The summed E-state index contributed by atoms with van der Waals surface area (Å²) < 4.78 is 14.9. The summed E-state index contributed by atoms with van der Waals surface area (Å²) in [6.07, 6.45) is 0.622. The predicted octanol–water partition coefficient (Wildman–Crippen LogP) is 9.03. The van der Waals surface area contributed by atoms with Gasteiger partial charge in [-0.05, 0) is 179 Å². The first-order valence-electron chi connectivity index (χ1n) is 15.1. The Hall–Kier alpha value is -3.16. The first kappa shape index (κ1) is 40.0. The third kappa shape index (κ3) is 9.68. The molecule has 0 unspecified atom stereocenters. The molecule has 2 amide bonds. The Morgan fingerprint density at radius 2 is 0.846 bits per heavy atom. The van der Waals surface area contributed by atoms with Crippen LogP contribution in [0.2, 0.25) is 0 Å². The Balaban J connectivity index is 1.49. The summed E-state index contributed by atoms with van der Waals surface area (Å²) in [5.74, 6) is -0.646. The molecule has 4 aliphatic heterocycles. The topological polar surface area (TPSA) is 182 Å². The zero-order valence-electron chi connectivity index (χ0n) is 26.4. The summed E-state index contributed by atoms with van der Waals surface area (Å²) in [7, 11) is 0. The molecule has 8 bridgehead atoms. The van der Waals surface area contributed by atoms with Gasteiger partial charge in [0.1, 0.15) is 11.4 Å². The maximum atomic E-state index is 13.0. The Bertz CT molecular complexity index is 2080. The van der Waals surface area contributed by atoms with Crippen molar-refractivity contribution >= 4 is 119 Å². The molecule has 272 valence electrons. The smallest absolute Gasteiger partial charge is 0.269 e. The molecule has 4 aliphatic rings. The number of ether oxygens (including phenoxy) is 2. The Labute approximate surface area is 347 Å². The molecule has 6 N–H and O–H groups in total. The summed E-state index contributed by atoms with van der Waals surface area (Å²) in [6.45, 7) is 0.387. The molecule has 12 nitrogen and oxygen atoms in total. The van der Waals surface area contributed by atoms with E-state index in [1.165, 1.54) is 6.07 Å². The summed E-state index contributed by atoms with van der Waals surface area (Å²) in [6, 6.07) is 13.4. The van der Waals surface area contributed by atoms with E-state index in [0.717, 1.165) is 11.1 Å². The van der Waals surface area contributed by atoms with Crippen LogP contribution in [0.5, 0.6) is 34.5 Å². The first-order chi connectivity index (χ1) is 24.8. The van der Waals surface area contributed by atoms with Crippen LogP contribution in [0.25, 0.3) is 0 Å². The van der Waals surface area contributed by atoms with E-state index in [9.17, 15) is 30.2 Å². The van der Waals surface area contributed by atoms with Gasteiger partial charge in [0.05, 0.1) is 26.8 Å². The molecule has 4 heterocycles. The third-order valence-electron chi connectivity index (χ3n) is 7.62. The van der Waals surface area contributed by atoms with Crippen LogP contribution in [0.4, 0.5) is 0 Å². The standard InChI is InChI=1S/C34H26Br6N4O8/c35-19-5-16-2-4-42-33(47)25(43-49)11-17-9-23(39)32(24(40)10-17)52-28-14-18(8-20(36)30(28)46)12-26(44-50)34(48)41-3-1-15-6-21(37)31(22(38)7-15)51-27(13-16)29(19)45/h5-10,13-14,45-46,49-50H,1-4,11-12H2,(H,41,48)(H,42,47). The second kappa shape index (κ2) is 17.8. The van der Waals surface area contributed by atoms with Gasteiger partial charge in [-0.3, -0.25) is 9.59 Å². The Kier molecular flexibility index (Phi) is 13.7. The van der Waals surface area contributed by atoms with E-state index >= 15 is 0 Å². The number of rotatable bonds is 0. The summed E-state index contributed by atoms with van der Waals surface area (Å²) in [4.78, 5) is 26.1. The molecular weight excluding hydrogens is 1070 g/mol. The van der Waals surface area contributed by atoms with E-state index in [-0.39, 0.29) is 70.6 Å². The molecule has 0 atom stereocenters.